The van der Waals surface area contributed by atoms with E-state index in [2.05, 4.69) is 5.32 Å². The molecule has 0 amide bonds. The second kappa shape index (κ2) is 6.08. The number of carbonyl (C=O) groups excluding carboxylic acids is 1. The minimum Gasteiger partial charge on any atom is -0.466 e. The third kappa shape index (κ3) is 3.80. The van der Waals surface area contributed by atoms with Crippen LogP contribution in [0.1, 0.15) is 32.6 Å². The number of ether oxygens (including phenoxy) is 2. The molecule has 4 nitrogen and oxygen atoms in total. The minimum absolute atomic E-state index is 0.0364. The average molecular weight is 215 g/mol. The number of rotatable bonds is 7. The molecular formula is C11H21NO3. The molecule has 1 rings (SSSR count). The molecule has 1 aliphatic carbocycles. The van der Waals surface area contributed by atoms with Crippen LogP contribution in [-0.2, 0) is 14.3 Å². The van der Waals surface area contributed by atoms with Crippen LogP contribution >= 0.6 is 0 Å². The number of hydrogen-bond acceptors (Lipinski definition) is 4. The van der Waals surface area contributed by atoms with Crippen LogP contribution in [0.25, 0.3) is 0 Å². The van der Waals surface area contributed by atoms with E-state index in [9.17, 15) is 4.79 Å². The monoisotopic (exact) mass is 215 g/mol. The topological polar surface area (TPSA) is 47.6 Å². The highest BCUT2D eigenvalue weighted by Gasteiger charge is 2.36. The van der Waals surface area contributed by atoms with Gasteiger partial charge in [0.1, 0.15) is 0 Å². The second-order valence-corrected chi connectivity index (χ2v) is 3.97. The highest BCUT2D eigenvalue weighted by Crippen LogP contribution is 2.34. The summed E-state index contributed by atoms with van der Waals surface area (Å²) >= 11 is 0. The van der Waals surface area contributed by atoms with Crippen LogP contribution in [-0.4, -0.2) is 38.4 Å². The van der Waals surface area contributed by atoms with Gasteiger partial charge in [0.2, 0.25) is 0 Å². The summed E-state index contributed by atoms with van der Waals surface area (Å²) < 4.78 is 10.3. The molecule has 1 fully saturated rings. The molecule has 0 aromatic rings. The van der Waals surface area contributed by atoms with Gasteiger partial charge in [0.15, 0.2) is 0 Å². The Labute approximate surface area is 91.3 Å². The van der Waals surface area contributed by atoms with Crippen molar-refractivity contribution in [2.45, 2.75) is 38.2 Å². The summed E-state index contributed by atoms with van der Waals surface area (Å²) in [4.78, 5) is 11.0. The summed E-state index contributed by atoms with van der Waals surface area (Å²) in [6.07, 6.45) is 3.92. The molecule has 4 heteroatoms. The predicted molar refractivity (Wildman–Crippen MR) is 57.7 cm³/mol. The molecule has 0 atom stereocenters. The Balaban J connectivity index is 2.03. The number of hydrogen-bond donors (Lipinski definition) is 1. The molecule has 0 radical (unpaired) electrons. The molecule has 0 aliphatic heterocycles. The maximum Gasteiger partial charge on any atom is 0.307 e. The van der Waals surface area contributed by atoms with E-state index >= 15 is 0 Å². The van der Waals surface area contributed by atoms with Crippen molar-refractivity contribution < 1.29 is 14.3 Å². The van der Waals surface area contributed by atoms with Crippen LogP contribution in [0, 0.1) is 0 Å². The van der Waals surface area contributed by atoms with Gasteiger partial charge < -0.3 is 14.8 Å². The van der Waals surface area contributed by atoms with Crippen LogP contribution < -0.4 is 5.32 Å². The number of methoxy groups -OCH3 is 1. The van der Waals surface area contributed by atoms with Gasteiger partial charge in [-0.15, -0.1) is 0 Å². The Hall–Kier alpha value is -0.610. The molecule has 15 heavy (non-hydrogen) atoms. The highest BCUT2D eigenvalue weighted by molar-refractivity contribution is 5.69. The molecule has 0 aromatic heterocycles. The molecule has 0 spiro atoms. The Morgan fingerprint density at radius 1 is 1.47 bits per heavy atom. The second-order valence-electron chi connectivity index (χ2n) is 3.97. The Kier molecular flexibility index (Phi) is 5.05. The first-order valence-electron chi connectivity index (χ1n) is 5.64. The maximum absolute atomic E-state index is 11.0. The SMILES string of the molecule is CCOC(=O)CCNCC1(OC)CCC1. The van der Waals surface area contributed by atoms with Crippen molar-refractivity contribution in [1.82, 2.24) is 5.32 Å². The standard InChI is InChI=1S/C11H21NO3/c1-3-15-10(13)5-8-12-9-11(14-2)6-4-7-11/h12H,3-9H2,1-2H3. The minimum atomic E-state index is -0.134. The zero-order chi connectivity index (χ0) is 11.1. The average Bonchev–Trinajstić information content (AvgIpc) is 2.16. The molecule has 0 bridgehead atoms. The van der Waals surface area contributed by atoms with Crippen LogP contribution in [0.2, 0.25) is 0 Å². The van der Waals surface area contributed by atoms with Gasteiger partial charge in [-0.25, -0.2) is 0 Å². The first-order valence-corrected chi connectivity index (χ1v) is 5.64. The van der Waals surface area contributed by atoms with Crippen LogP contribution in [0.4, 0.5) is 0 Å². The Bertz CT molecular complexity index is 196. The zero-order valence-electron chi connectivity index (χ0n) is 9.67. The summed E-state index contributed by atoms with van der Waals surface area (Å²) in [6.45, 7) is 3.79. The highest BCUT2D eigenvalue weighted by atomic mass is 16.5. The summed E-state index contributed by atoms with van der Waals surface area (Å²) in [5, 5.41) is 3.24. The van der Waals surface area contributed by atoms with Crippen molar-refractivity contribution in [3.63, 3.8) is 0 Å². The van der Waals surface area contributed by atoms with Gasteiger partial charge in [0.05, 0.1) is 18.6 Å². The van der Waals surface area contributed by atoms with E-state index < -0.39 is 0 Å². The molecule has 1 N–H and O–H groups in total. The van der Waals surface area contributed by atoms with E-state index in [0.29, 0.717) is 19.6 Å². The van der Waals surface area contributed by atoms with Gasteiger partial charge in [-0.1, -0.05) is 0 Å². The van der Waals surface area contributed by atoms with Gasteiger partial charge in [0, 0.05) is 20.2 Å². The maximum atomic E-state index is 11.0. The van der Waals surface area contributed by atoms with Crippen molar-refractivity contribution in [2.75, 3.05) is 26.8 Å². The number of nitrogens with one attached hydrogen (secondary N) is 1. The van der Waals surface area contributed by atoms with E-state index in [1.807, 2.05) is 6.92 Å². The normalized spacial score (nSPS) is 18.3. The quantitative estimate of drug-likeness (QED) is 0.510. The Morgan fingerprint density at radius 3 is 2.67 bits per heavy atom. The summed E-state index contributed by atoms with van der Waals surface area (Å²) in [6, 6.07) is 0. The lowest BCUT2D eigenvalue weighted by atomic mass is 9.80. The molecule has 0 heterocycles. The van der Waals surface area contributed by atoms with Gasteiger partial charge >= 0.3 is 5.97 Å². The third-order valence-electron chi connectivity index (χ3n) is 2.96. The molecule has 0 aromatic carbocycles. The fraction of sp³-hybridized carbons (Fsp3) is 0.909. The van der Waals surface area contributed by atoms with Crippen LogP contribution in [0.5, 0.6) is 0 Å². The predicted octanol–water partition coefficient (Wildman–Crippen LogP) is 1.10. The van der Waals surface area contributed by atoms with E-state index in [4.69, 9.17) is 9.47 Å². The molecule has 88 valence electrons. The lowest BCUT2D eigenvalue weighted by Crippen LogP contribution is -2.48. The van der Waals surface area contributed by atoms with E-state index in [1.54, 1.807) is 7.11 Å². The Morgan fingerprint density at radius 2 is 2.20 bits per heavy atom. The van der Waals surface area contributed by atoms with Crippen molar-refractivity contribution in [3.05, 3.63) is 0 Å². The van der Waals surface area contributed by atoms with Crippen LogP contribution in [0.3, 0.4) is 0 Å². The summed E-state index contributed by atoms with van der Waals surface area (Å²) in [5.41, 5.74) is 0.0364. The lowest BCUT2D eigenvalue weighted by Gasteiger charge is -2.40. The lowest BCUT2D eigenvalue weighted by molar-refractivity contribution is -0.143. The molecule has 0 unspecified atom stereocenters. The van der Waals surface area contributed by atoms with Crippen molar-refractivity contribution >= 4 is 5.97 Å². The van der Waals surface area contributed by atoms with E-state index in [-0.39, 0.29) is 11.6 Å². The fourth-order valence-electron chi connectivity index (χ4n) is 1.76. The molecular weight excluding hydrogens is 194 g/mol. The zero-order valence-corrected chi connectivity index (χ0v) is 9.67. The molecule has 0 saturated heterocycles. The van der Waals surface area contributed by atoms with Gasteiger partial charge in [0.25, 0.3) is 0 Å². The van der Waals surface area contributed by atoms with Gasteiger partial charge in [-0.05, 0) is 26.2 Å². The molecule has 1 aliphatic rings. The van der Waals surface area contributed by atoms with Crippen molar-refractivity contribution in [2.24, 2.45) is 0 Å². The van der Waals surface area contributed by atoms with E-state index in [0.717, 1.165) is 19.4 Å². The summed E-state index contributed by atoms with van der Waals surface area (Å²) in [5.74, 6) is -0.134. The van der Waals surface area contributed by atoms with E-state index in [1.165, 1.54) is 6.42 Å². The van der Waals surface area contributed by atoms with Gasteiger partial charge in [-0.2, -0.15) is 0 Å². The first-order chi connectivity index (χ1) is 7.22. The third-order valence-corrected chi connectivity index (χ3v) is 2.96. The number of esters is 1. The largest absolute Gasteiger partial charge is 0.466 e. The number of carbonyl (C=O) groups is 1. The van der Waals surface area contributed by atoms with Crippen molar-refractivity contribution in [3.8, 4) is 0 Å². The first kappa shape index (κ1) is 12.5. The smallest absolute Gasteiger partial charge is 0.307 e. The summed E-state index contributed by atoms with van der Waals surface area (Å²) in [7, 11) is 1.76. The van der Waals surface area contributed by atoms with Crippen molar-refractivity contribution in [1.29, 1.82) is 0 Å². The van der Waals surface area contributed by atoms with Gasteiger partial charge in [-0.3, -0.25) is 4.79 Å². The molecule has 1 saturated carbocycles. The fourth-order valence-corrected chi connectivity index (χ4v) is 1.76. The van der Waals surface area contributed by atoms with Crippen LogP contribution in [0.15, 0.2) is 0 Å².